The topological polar surface area (TPSA) is 113 Å². The van der Waals surface area contributed by atoms with Gasteiger partial charge in [0.1, 0.15) is 5.69 Å². The summed E-state index contributed by atoms with van der Waals surface area (Å²) >= 11 is 0. The molecule has 0 radical (unpaired) electrons. The van der Waals surface area contributed by atoms with E-state index in [4.69, 9.17) is 0 Å². The molecule has 182 valence electrons. The lowest BCUT2D eigenvalue weighted by Gasteiger charge is -2.32. The van der Waals surface area contributed by atoms with E-state index in [0.717, 1.165) is 31.4 Å². The SMILES string of the molecule is O=C(Nc1ccccc1)C1CCN(c2ccc(S(=O)(=O)N3CCCCCC3)cc2[N+](=O)[O-])CC1. The molecule has 2 aromatic carbocycles. The molecular weight excluding hydrogens is 456 g/mol. The van der Waals surface area contributed by atoms with E-state index in [9.17, 15) is 23.3 Å². The maximum absolute atomic E-state index is 13.1. The van der Waals surface area contributed by atoms with Crippen LogP contribution in [0.3, 0.4) is 0 Å². The molecule has 2 aliphatic heterocycles. The van der Waals surface area contributed by atoms with Gasteiger partial charge in [0.25, 0.3) is 5.69 Å². The van der Waals surface area contributed by atoms with Gasteiger partial charge >= 0.3 is 0 Å². The second-order valence-corrected chi connectivity index (χ2v) is 10.8. The van der Waals surface area contributed by atoms with Gasteiger partial charge in [0.05, 0.1) is 9.82 Å². The Morgan fingerprint density at radius 1 is 0.941 bits per heavy atom. The summed E-state index contributed by atoms with van der Waals surface area (Å²) in [6.45, 7) is 1.84. The van der Waals surface area contributed by atoms with Crippen molar-refractivity contribution >= 4 is 33.0 Å². The Morgan fingerprint density at radius 3 is 2.21 bits per heavy atom. The van der Waals surface area contributed by atoms with Crippen LogP contribution in [0, 0.1) is 16.0 Å². The van der Waals surface area contributed by atoms with Crippen molar-refractivity contribution in [3.05, 3.63) is 58.6 Å². The highest BCUT2D eigenvalue weighted by atomic mass is 32.2. The molecule has 0 bridgehead atoms. The molecule has 2 aromatic rings. The number of nitro benzene ring substituents is 1. The van der Waals surface area contributed by atoms with Crippen LogP contribution in [0.4, 0.5) is 17.1 Å². The van der Waals surface area contributed by atoms with E-state index in [1.54, 1.807) is 0 Å². The summed E-state index contributed by atoms with van der Waals surface area (Å²) < 4.78 is 27.7. The van der Waals surface area contributed by atoms with Crippen LogP contribution in [0.1, 0.15) is 38.5 Å². The zero-order valence-electron chi connectivity index (χ0n) is 19.1. The van der Waals surface area contributed by atoms with Gasteiger partial charge in [0.15, 0.2) is 0 Å². The summed E-state index contributed by atoms with van der Waals surface area (Å²) in [6, 6.07) is 13.4. The molecule has 2 heterocycles. The molecule has 1 N–H and O–H groups in total. The monoisotopic (exact) mass is 486 g/mol. The second-order valence-electron chi connectivity index (χ2n) is 8.84. The van der Waals surface area contributed by atoms with E-state index in [1.165, 1.54) is 22.5 Å². The van der Waals surface area contributed by atoms with Crippen LogP contribution in [-0.2, 0) is 14.8 Å². The predicted octanol–water partition coefficient (Wildman–Crippen LogP) is 4.01. The smallest absolute Gasteiger partial charge is 0.293 e. The lowest BCUT2D eigenvalue weighted by Crippen LogP contribution is -2.38. The van der Waals surface area contributed by atoms with E-state index < -0.39 is 14.9 Å². The molecule has 0 aromatic heterocycles. The number of nitrogens with zero attached hydrogens (tertiary/aromatic N) is 3. The summed E-state index contributed by atoms with van der Waals surface area (Å²) in [7, 11) is -3.78. The number of rotatable bonds is 6. The van der Waals surface area contributed by atoms with Crippen LogP contribution < -0.4 is 10.2 Å². The van der Waals surface area contributed by atoms with E-state index in [0.29, 0.717) is 44.7 Å². The van der Waals surface area contributed by atoms with Gasteiger partial charge in [0, 0.05) is 43.9 Å². The van der Waals surface area contributed by atoms with E-state index in [1.807, 2.05) is 35.2 Å². The Morgan fingerprint density at radius 2 is 1.59 bits per heavy atom. The standard InChI is InChI=1S/C24H30N4O5S/c29-24(25-20-8-4-3-5-9-20)19-12-16-26(17-13-19)22-11-10-21(18-23(22)28(30)31)34(32,33)27-14-6-1-2-7-15-27/h3-5,8-11,18-19H,1-2,6-7,12-17H2,(H,25,29). The predicted molar refractivity (Wildman–Crippen MR) is 130 cm³/mol. The summed E-state index contributed by atoms with van der Waals surface area (Å²) in [5.41, 5.74) is 0.914. The van der Waals surface area contributed by atoms with Crippen molar-refractivity contribution in [1.29, 1.82) is 0 Å². The molecule has 1 amide bonds. The molecule has 0 saturated carbocycles. The van der Waals surface area contributed by atoms with Crippen molar-refractivity contribution in [2.45, 2.75) is 43.4 Å². The highest BCUT2D eigenvalue weighted by Crippen LogP contribution is 2.35. The van der Waals surface area contributed by atoms with Gasteiger partial charge in [-0.05, 0) is 49.9 Å². The largest absolute Gasteiger partial charge is 0.366 e. The summed E-state index contributed by atoms with van der Waals surface area (Å²) in [4.78, 5) is 25.8. The third kappa shape index (κ3) is 5.39. The van der Waals surface area contributed by atoms with Crippen molar-refractivity contribution in [2.75, 3.05) is 36.4 Å². The molecule has 2 saturated heterocycles. The van der Waals surface area contributed by atoms with Crippen LogP contribution in [0.5, 0.6) is 0 Å². The molecule has 0 spiro atoms. The minimum Gasteiger partial charge on any atom is -0.366 e. The number of amides is 1. The number of nitro groups is 1. The first-order chi connectivity index (χ1) is 16.4. The van der Waals surface area contributed by atoms with Gasteiger partial charge in [-0.2, -0.15) is 4.31 Å². The van der Waals surface area contributed by atoms with Crippen molar-refractivity contribution in [1.82, 2.24) is 4.31 Å². The lowest BCUT2D eigenvalue weighted by molar-refractivity contribution is -0.384. The average Bonchev–Trinajstić information content (AvgIpc) is 3.15. The fraction of sp³-hybridized carbons (Fsp3) is 0.458. The minimum atomic E-state index is -3.78. The Balaban J connectivity index is 1.47. The van der Waals surface area contributed by atoms with E-state index in [2.05, 4.69) is 5.32 Å². The first kappa shape index (κ1) is 24.2. The first-order valence-electron chi connectivity index (χ1n) is 11.8. The van der Waals surface area contributed by atoms with Crippen LogP contribution in [0.15, 0.2) is 53.4 Å². The molecule has 10 heteroatoms. The van der Waals surface area contributed by atoms with Crippen molar-refractivity contribution in [3.8, 4) is 0 Å². The van der Waals surface area contributed by atoms with Crippen LogP contribution in [-0.4, -0.2) is 49.7 Å². The van der Waals surface area contributed by atoms with Crippen molar-refractivity contribution in [2.24, 2.45) is 5.92 Å². The highest BCUT2D eigenvalue weighted by Gasteiger charge is 2.31. The molecule has 2 aliphatic rings. The number of sulfonamides is 1. The summed E-state index contributed by atoms with van der Waals surface area (Å²) in [5.74, 6) is -0.238. The van der Waals surface area contributed by atoms with Gasteiger partial charge in [-0.25, -0.2) is 8.42 Å². The van der Waals surface area contributed by atoms with E-state index >= 15 is 0 Å². The Labute approximate surface area is 200 Å². The van der Waals surface area contributed by atoms with Gasteiger partial charge in [0.2, 0.25) is 15.9 Å². The van der Waals surface area contributed by atoms with Gasteiger partial charge in [-0.15, -0.1) is 0 Å². The van der Waals surface area contributed by atoms with Crippen molar-refractivity contribution < 1.29 is 18.1 Å². The number of hydrogen-bond acceptors (Lipinski definition) is 6. The lowest BCUT2D eigenvalue weighted by atomic mass is 9.95. The molecule has 34 heavy (non-hydrogen) atoms. The molecule has 9 nitrogen and oxygen atoms in total. The Hall–Kier alpha value is -2.98. The number of anilines is 2. The van der Waals surface area contributed by atoms with Gasteiger partial charge < -0.3 is 10.2 Å². The zero-order chi connectivity index (χ0) is 24.1. The number of hydrogen-bond donors (Lipinski definition) is 1. The second kappa shape index (κ2) is 10.5. The Bertz CT molecular complexity index is 1120. The number of para-hydroxylation sites is 1. The number of nitrogens with one attached hydrogen (secondary N) is 1. The number of piperidine rings is 1. The molecule has 0 aliphatic carbocycles. The van der Waals surface area contributed by atoms with Crippen LogP contribution in [0.25, 0.3) is 0 Å². The third-order valence-corrected chi connectivity index (χ3v) is 8.49. The molecule has 0 unspecified atom stereocenters. The summed E-state index contributed by atoms with van der Waals surface area (Å²) in [5, 5.41) is 14.8. The summed E-state index contributed by atoms with van der Waals surface area (Å²) in [6.07, 6.45) is 4.70. The molecule has 2 fully saturated rings. The van der Waals surface area contributed by atoms with Crippen molar-refractivity contribution in [3.63, 3.8) is 0 Å². The molecular formula is C24H30N4O5S. The quantitative estimate of drug-likeness (QED) is 0.488. The molecule has 4 rings (SSSR count). The molecule has 0 atom stereocenters. The van der Waals surface area contributed by atoms with Gasteiger partial charge in [-0.1, -0.05) is 31.0 Å². The maximum atomic E-state index is 13.1. The highest BCUT2D eigenvalue weighted by molar-refractivity contribution is 7.89. The van der Waals surface area contributed by atoms with Crippen LogP contribution >= 0.6 is 0 Å². The fourth-order valence-electron chi connectivity index (χ4n) is 4.66. The average molecular weight is 487 g/mol. The maximum Gasteiger partial charge on any atom is 0.293 e. The van der Waals surface area contributed by atoms with E-state index in [-0.39, 0.29) is 22.4 Å². The zero-order valence-corrected chi connectivity index (χ0v) is 19.9. The minimum absolute atomic E-state index is 0.0398. The normalized spacial score (nSPS) is 18.3. The fourth-order valence-corrected chi connectivity index (χ4v) is 6.19. The Kier molecular flexibility index (Phi) is 7.47. The number of carbonyl (C=O) groups is 1. The number of benzene rings is 2. The van der Waals surface area contributed by atoms with Gasteiger partial charge in [-0.3, -0.25) is 14.9 Å². The first-order valence-corrected chi connectivity index (χ1v) is 13.2. The van der Waals surface area contributed by atoms with Crippen LogP contribution in [0.2, 0.25) is 0 Å². The third-order valence-electron chi connectivity index (χ3n) is 6.59. The number of carbonyl (C=O) groups excluding carboxylic acids is 1.